The lowest BCUT2D eigenvalue weighted by atomic mass is 10.0. The highest BCUT2D eigenvalue weighted by Crippen LogP contribution is 2.38. The number of pyridine rings is 1. The number of hydrogen-bond donors (Lipinski definition) is 3. The second-order valence-electron chi connectivity index (χ2n) is 9.74. The van der Waals surface area contributed by atoms with Crippen LogP contribution in [-0.2, 0) is 4.79 Å². The highest BCUT2D eigenvalue weighted by molar-refractivity contribution is 6.31. The van der Waals surface area contributed by atoms with E-state index in [4.69, 9.17) is 16.3 Å². The predicted octanol–water partition coefficient (Wildman–Crippen LogP) is 4.85. The Labute approximate surface area is 224 Å². The van der Waals surface area contributed by atoms with Crippen LogP contribution < -0.4 is 15.4 Å². The molecule has 1 aliphatic carbocycles. The van der Waals surface area contributed by atoms with Crippen molar-refractivity contribution in [1.29, 1.82) is 5.26 Å². The van der Waals surface area contributed by atoms with Crippen LogP contribution in [0.3, 0.4) is 0 Å². The van der Waals surface area contributed by atoms with Gasteiger partial charge in [-0.15, -0.1) is 0 Å². The fraction of sp³-hybridized carbons (Fsp3) is 0.321. The molecule has 2 heterocycles. The number of nitrogens with zero attached hydrogens (tertiary/aromatic N) is 3. The van der Waals surface area contributed by atoms with Gasteiger partial charge in [0.1, 0.15) is 17.6 Å². The summed E-state index contributed by atoms with van der Waals surface area (Å²) >= 11 is 5.93. The molecule has 1 saturated heterocycles. The minimum absolute atomic E-state index is 0.0528. The van der Waals surface area contributed by atoms with Crippen LogP contribution in [0.5, 0.6) is 5.75 Å². The number of ether oxygens (including phenoxy) is 1. The van der Waals surface area contributed by atoms with Crippen LogP contribution in [0.25, 0.3) is 10.9 Å². The summed E-state index contributed by atoms with van der Waals surface area (Å²) in [5, 5.41) is 26.0. The van der Waals surface area contributed by atoms with Crippen LogP contribution in [0.1, 0.15) is 18.4 Å². The largest absolute Gasteiger partial charge is 0.494 e. The maximum Gasteiger partial charge on any atom is 0.248 e. The molecule has 0 spiro atoms. The van der Waals surface area contributed by atoms with Crippen LogP contribution in [0.2, 0.25) is 5.02 Å². The van der Waals surface area contributed by atoms with Gasteiger partial charge in [-0.05, 0) is 48.9 Å². The summed E-state index contributed by atoms with van der Waals surface area (Å²) in [6, 6.07) is 9.66. The van der Waals surface area contributed by atoms with E-state index in [0.29, 0.717) is 52.1 Å². The summed E-state index contributed by atoms with van der Waals surface area (Å²) in [6.45, 7) is 2.54. The number of aliphatic hydroxyl groups excluding tert-OH is 1. The molecular formula is C28H27ClFN5O3. The monoisotopic (exact) mass is 535 g/mol. The van der Waals surface area contributed by atoms with Crippen LogP contribution in [0.4, 0.5) is 21.5 Å². The zero-order valence-electron chi connectivity index (χ0n) is 20.7. The number of rotatable bonds is 7. The Morgan fingerprint density at radius 2 is 2.08 bits per heavy atom. The van der Waals surface area contributed by atoms with Gasteiger partial charge in [-0.3, -0.25) is 14.7 Å². The number of anilines is 3. The number of nitrogens with one attached hydrogen (secondary N) is 2. The summed E-state index contributed by atoms with van der Waals surface area (Å²) in [6.07, 6.45) is 6.32. The molecule has 1 aliphatic heterocycles. The van der Waals surface area contributed by atoms with E-state index in [1.807, 2.05) is 6.08 Å². The number of fused-ring (bicyclic) bond motifs is 2. The van der Waals surface area contributed by atoms with E-state index in [1.165, 1.54) is 37.6 Å². The quantitative estimate of drug-likeness (QED) is 0.371. The van der Waals surface area contributed by atoms with Crippen molar-refractivity contribution in [1.82, 2.24) is 9.88 Å². The highest BCUT2D eigenvalue weighted by atomic mass is 35.5. The first-order valence-corrected chi connectivity index (χ1v) is 12.7. The standard InChI is InChI=1S/C28H27ClFN5O3/c1-38-26-11-24-21(28(18(12-31)13-32-24)33-19-4-5-23(30)22(29)9-19)10-25(26)34-27(37)3-2-6-35-14-16-7-20(36)8-17(16)15-35/h2-5,9-11,13,16-17,20,36H,6-8,14-15H2,1H3,(H,32,33)(H,34,37). The Kier molecular flexibility index (Phi) is 7.47. The van der Waals surface area contributed by atoms with Crippen molar-refractivity contribution < 1.29 is 19.0 Å². The van der Waals surface area contributed by atoms with E-state index >= 15 is 0 Å². The number of halogens is 2. The van der Waals surface area contributed by atoms with E-state index < -0.39 is 5.82 Å². The lowest BCUT2D eigenvalue weighted by molar-refractivity contribution is -0.111. The van der Waals surface area contributed by atoms with E-state index in [9.17, 15) is 19.6 Å². The SMILES string of the molecule is COc1cc2ncc(C#N)c(Nc3ccc(F)c(Cl)c3)c2cc1NC(=O)C=CCN1CC2CC(O)CC2C1. The Morgan fingerprint density at radius 3 is 2.76 bits per heavy atom. The molecule has 1 aromatic heterocycles. The van der Waals surface area contributed by atoms with Gasteiger partial charge < -0.3 is 20.5 Å². The van der Waals surface area contributed by atoms with Crippen molar-refractivity contribution in [2.45, 2.75) is 18.9 Å². The number of carbonyl (C=O) groups is 1. The Morgan fingerprint density at radius 1 is 1.32 bits per heavy atom. The maximum atomic E-state index is 13.6. The zero-order valence-corrected chi connectivity index (χ0v) is 21.5. The van der Waals surface area contributed by atoms with Crippen molar-refractivity contribution in [2.24, 2.45) is 11.8 Å². The average molecular weight is 536 g/mol. The third-order valence-corrected chi connectivity index (χ3v) is 7.48. The molecule has 8 nitrogen and oxygen atoms in total. The third kappa shape index (κ3) is 5.43. The lowest BCUT2D eigenvalue weighted by Gasteiger charge is -2.16. The number of likely N-dealkylation sites (tertiary alicyclic amines) is 1. The molecule has 2 aromatic carbocycles. The van der Waals surface area contributed by atoms with Gasteiger partial charge >= 0.3 is 0 Å². The number of nitriles is 1. The van der Waals surface area contributed by atoms with Gasteiger partial charge in [0.05, 0.1) is 40.7 Å². The predicted molar refractivity (Wildman–Crippen MR) is 144 cm³/mol. The summed E-state index contributed by atoms with van der Waals surface area (Å²) in [4.78, 5) is 19.4. The molecule has 0 bridgehead atoms. The normalized spacial score (nSPS) is 21.0. The molecule has 1 saturated carbocycles. The van der Waals surface area contributed by atoms with Gasteiger partial charge in [-0.2, -0.15) is 5.26 Å². The number of aromatic nitrogens is 1. The van der Waals surface area contributed by atoms with Crippen LogP contribution >= 0.6 is 11.6 Å². The first-order chi connectivity index (χ1) is 18.3. The van der Waals surface area contributed by atoms with Crippen molar-refractivity contribution in [3.8, 4) is 11.8 Å². The van der Waals surface area contributed by atoms with Crippen molar-refractivity contribution in [3.05, 3.63) is 65.1 Å². The summed E-state index contributed by atoms with van der Waals surface area (Å²) in [5.74, 6) is 0.621. The zero-order chi connectivity index (χ0) is 26.8. The molecule has 3 aromatic rings. The second kappa shape index (κ2) is 11.0. The van der Waals surface area contributed by atoms with Gasteiger partial charge in [-0.25, -0.2) is 4.39 Å². The maximum absolute atomic E-state index is 13.6. The Bertz CT molecular complexity index is 1440. The third-order valence-electron chi connectivity index (χ3n) is 7.19. The van der Waals surface area contributed by atoms with E-state index in [-0.39, 0.29) is 22.6 Å². The fourth-order valence-corrected chi connectivity index (χ4v) is 5.60. The summed E-state index contributed by atoms with van der Waals surface area (Å²) in [7, 11) is 1.50. The van der Waals surface area contributed by atoms with E-state index in [1.54, 1.807) is 12.1 Å². The smallest absolute Gasteiger partial charge is 0.248 e. The topological polar surface area (TPSA) is 111 Å². The van der Waals surface area contributed by atoms with Gasteiger partial charge in [0.2, 0.25) is 5.91 Å². The van der Waals surface area contributed by atoms with Gasteiger partial charge in [0.15, 0.2) is 0 Å². The highest BCUT2D eigenvalue weighted by Gasteiger charge is 2.39. The van der Waals surface area contributed by atoms with Crippen molar-refractivity contribution in [2.75, 3.05) is 37.4 Å². The van der Waals surface area contributed by atoms with Gasteiger partial charge in [0, 0.05) is 49.0 Å². The molecular weight excluding hydrogens is 509 g/mol. The van der Waals surface area contributed by atoms with Gasteiger partial charge in [-0.1, -0.05) is 17.7 Å². The number of methoxy groups -OCH3 is 1. The average Bonchev–Trinajstić information content (AvgIpc) is 3.43. The van der Waals surface area contributed by atoms with Crippen molar-refractivity contribution >= 4 is 45.5 Å². The van der Waals surface area contributed by atoms with Crippen LogP contribution in [0, 0.1) is 29.0 Å². The molecule has 1 amide bonds. The number of aliphatic hydroxyl groups is 1. The first-order valence-electron chi connectivity index (χ1n) is 12.4. The molecule has 196 valence electrons. The van der Waals surface area contributed by atoms with E-state index in [2.05, 4.69) is 26.6 Å². The Hall–Kier alpha value is -3.71. The Balaban J connectivity index is 1.35. The molecule has 3 N–H and O–H groups in total. The molecule has 10 heteroatoms. The molecule has 2 fully saturated rings. The first kappa shape index (κ1) is 25.9. The molecule has 2 unspecified atom stereocenters. The number of carbonyl (C=O) groups excluding carboxylic acids is 1. The number of benzene rings is 2. The fourth-order valence-electron chi connectivity index (χ4n) is 5.42. The molecule has 2 aliphatic rings. The molecule has 2 atom stereocenters. The molecule has 0 radical (unpaired) electrons. The van der Waals surface area contributed by atoms with Gasteiger partial charge in [0.25, 0.3) is 0 Å². The molecule has 38 heavy (non-hydrogen) atoms. The minimum atomic E-state index is -0.550. The van der Waals surface area contributed by atoms with E-state index in [0.717, 1.165) is 25.9 Å². The number of amides is 1. The second-order valence-corrected chi connectivity index (χ2v) is 10.1. The minimum Gasteiger partial charge on any atom is -0.494 e. The summed E-state index contributed by atoms with van der Waals surface area (Å²) in [5.41, 5.74) is 2.15. The number of hydrogen-bond acceptors (Lipinski definition) is 7. The molecule has 5 rings (SSSR count). The van der Waals surface area contributed by atoms with Crippen LogP contribution in [0.15, 0.2) is 48.7 Å². The summed E-state index contributed by atoms with van der Waals surface area (Å²) < 4.78 is 19.1. The lowest BCUT2D eigenvalue weighted by Crippen LogP contribution is -2.23. The van der Waals surface area contributed by atoms with Crippen molar-refractivity contribution in [3.63, 3.8) is 0 Å². The van der Waals surface area contributed by atoms with Crippen LogP contribution in [-0.4, -0.2) is 53.7 Å².